The fourth-order valence-electron chi connectivity index (χ4n) is 1.40. The zero-order valence-corrected chi connectivity index (χ0v) is 9.80. The van der Waals surface area contributed by atoms with Gasteiger partial charge in [0, 0.05) is 6.54 Å². The SMILES string of the molecule is CC(C)Cn1c(CN)nnc1C(F)(F)C(F)(F)F. The molecular weight excluding hydrogens is 259 g/mol. The normalized spacial score (nSPS) is 13.4. The van der Waals surface area contributed by atoms with Crippen molar-refractivity contribution in [2.24, 2.45) is 11.7 Å². The topological polar surface area (TPSA) is 56.7 Å². The van der Waals surface area contributed by atoms with Gasteiger partial charge in [0.1, 0.15) is 5.82 Å². The van der Waals surface area contributed by atoms with Crippen molar-refractivity contribution in [1.29, 1.82) is 0 Å². The standard InChI is InChI=1S/C9H13F5N4/c1-5(2)4-18-6(3-15)16-17-7(18)8(10,11)9(12,13)14/h5H,3-4,15H2,1-2H3. The number of nitrogens with zero attached hydrogens (tertiary/aromatic N) is 3. The molecule has 0 bridgehead atoms. The van der Waals surface area contributed by atoms with E-state index in [4.69, 9.17) is 5.73 Å². The van der Waals surface area contributed by atoms with Crippen LogP contribution < -0.4 is 5.73 Å². The van der Waals surface area contributed by atoms with Gasteiger partial charge in [-0.2, -0.15) is 22.0 Å². The largest absolute Gasteiger partial charge is 0.461 e. The molecule has 0 saturated heterocycles. The third-order valence-electron chi connectivity index (χ3n) is 2.19. The highest BCUT2D eigenvalue weighted by Gasteiger charge is 2.62. The third kappa shape index (κ3) is 2.60. The van der Waals surface area contributed by atoms with E-state index < -0.39 is 17.9 Å². The molecule has 0 spiro atoms. The maximum atomic E-state index is 13.2. The molecule has 1 heterocycles. The van der Waals surface area contributed by atoms with Crippen molar-refractivity contribution < 1.29 is 22.0 Å². The maximum absolute atomic E-state index is 13.2. The number of hydrogen-bond acceptors (Lipinski definition) is 3. The molecule has 1 aromatic rings. The summed E-state index contributed by atoms with van der Waals surface area (Å²) in [4.78, 5) is 0. The second-order valence-corrected chi connectivity index (χ2v) is 4.22. The van der Waals surface area contributed by atoms with Crippen LogP contribution in [0.25, 0.3) is 0 Å². The summed E-state index contributed by atoms with van der Waals surface area (Å²) in [6, 6.07) is 0. The molecule has 0 amide bonds. The van der Waals surface area contributed by atoms with E-state index in [1.165, 1.54) is 0 Å². The first kappa shape index (κ1) is 14.8. The molecule has 0 aliphatic heterocycles. The molecule has 0 aliphatic carbocycles. The zero-order chi connectivity index (χ0) is 14.1. The molecule has 4 nitrogen and oxygen atoms in total. The lowest BCUT2D eigenvalue weighted by atomic mass is 10.2. The van der Waals surface area contributed by atoms with E-state index in [-0.39, 0.29) is 24.8 Å². The van der Waals surface area contributed by atoms with Gasteiger partial charge in [-0.05, 0) is 5.92 Å². The quantitative estimate of drug-likeness (QED) is 0.853. The molecule has 0 saturated carbocycles. The number of nitrogens with two attached hydrogens (primary N) is 1. The summed E-state index contributed by atoms with van der Waals surface area (Å²) in [6.07, 6.45) is -5.71. The highest BCUT2D eigenvalue weighted by Crippen LogP contribution is 2.43. The lowest BCUT2D eigenvalue weighted by Crippen LogP contribution is -2.37. The lowest BCUT2D eigenvalue weighted by Gasteiger charge is -2.20. The van der Waals surface area contributed by atoms with Gasteiger partial charge in [0.15, 0.2) is 0 Å². The third-order valence-corrected chi connectivity index (χ3v) is 2.19. The van der Waals surface area contributed by atoms with Crippen LogP contribution in [0.4, 0.5) is 22.0 Å². The molecule has 9 heteroatoms. The molecule has 0 aliphatic rings. The Morgan fingerprint density at radius 1 is 1.17 bits per heavy atom. The summed E-state index contributed by atoms with van der Waals surface area (Å²) in [6.45, 7) is 3.04. The Kier molecular flexibility index (Phi) is 3.94. The van der Waals surface area contributed by atoms with Crippen LogP contribution in [0.1, 0.15) is 25.5 Å². The van der Waals surface area contributed by atoms with Crippen LogP contribution in [0.5, 0.6) is 0 Å². The molecule has 1 rings (SSSR count). The summed E-state index contributed by atoms with van der Waals surface area (Å²) < 4.78 is 64.1. The second-order valence-electron chi connectivity index (χ2n) is 4.22. The van der Waals surface area contributed by atoms with Crippen molar-refractivity contribution in [3.8, 4) is 0 Å². The average molecular weight is 272 g/mol. The van der Waals surface area contributed by atoms with Crippen molar-refractivity contribution in [2.45, 2.75) is 39.0 Å². The Morgan fingerprint density at radius 3 is 2.11 bits per heavy atom. The number of aromatic nitrogens is 3. The van der Waals surface area contributed by atoms with E-state index in [2.05, 4.69) is 10.2 Å². The molecule has 1 aromatic heterocycles. The van der Waals surface area contributed by atoms with Gasteiger partial charge >= 0.3 is 12.1 Å². The molecule has 18 heavy (non-hydrogen) atoms. The molecule has 0 radical (unpaired) electrons. The van der Waals surface area contributed by atoms with Gasteiger partial charge in [-0.3, -0.25) is 0 Å². The van der Waals surface area contributed by atoms with E-state index in [1.54, 1.807) is 13.8 Å². The minimum absolute atomic E-state index is 0.0550. The molecule has 0 atom stereocenters. The van der Waals surface area contributed by atoms with Gasteiger partial charge in [-0.15, -0.1) is 10.2 Å². The van der Waals surface area contributed by atoms with E-state index >= 15 is 0 Å². The van der Waals surface area contributed by atoms with Gasteiger partial charge in [0.25, 0.3) is 0 Å². The van der Waals surface area contributed by atoms with Crippen molar-refractivity contribution in [3.05, 3.63) is 11.6 Å². The van der Waals surface area contributed by atoms with E-state index in [1.807, 2.05) is 0 Å². The lowest BCUT2D eigenvalue weighted by molar-refractivity contribution is -0.293. The Morgan fingerprint density at radius 2 is 1.72 bits per heavy atom. The van der Waals surface area contributed by atoms with Crippen molar-refractivity contribution in [1.82, 2.24) is 14.8 Å². The highest BCUT2D eigenvalue weighted by atomic mass is 19.4. The predicted octanol–water partition coefficient (Wildman–Crippen LogP) is 2.05. The fourth-order valence-corrected chi connectivity index (χ4v) is 1.40. The van der Waals surface area contributed by atoms with E-state index in [0.717, 1.165) is 4.57 Å². The summed E-state index contributed by atoms with van der Waals surface area (Å²) in [5.74, 6) is -6.69. The van der Waals surface area contributed by atoms with Gasteiger partial charge < -0.3 is 10.3 Å². The summed E-state index contributed by atoms with van der Waals surface area (Å²) in [7, 11) is 0. The van der Waals surface area contributed by atoms with Crippen LogP contribution >= 0.6 is 0 Å². The smallest absolute Gasteiger partial charge is 0.324 e. The Bertz CT molecular complexity index is 410. The van der Waals surface area contributed by atoms with E-state index in [0.29, 0.717) is 0 Å². The second kappa shape index (κ2) is 4.79. The van der Waals surface area contributed by atoms with Crippen LogP contribution in [0, 0.1) is 5.92 Å². The first-order valence-electron chi connectivity index (χ1n) is 5.18. The Balaban J connectivity index is 3.28. The van der Waals surface area contributed by atoms with Crippen LogP contribution in [0.2, 0.25) is 0 Å². The van der Waals surface area contributed by atoms with Crippen LogP contribution in [-0.4, -0.2) is 20.9 Å². The van der Waals surface area contributed by atoms with Crippen LogP contribution in [-0.2, 0) is 19.0 Å². The number of rotatable bonds is 4. The average Bonchev–Trinajstić information content (AvgIpc) is 2.58. The van der Waals surface area contributed by atoms with Gasteiger partial charge in [-0.25, -0.2) is 0 Å². The minimum Gasteiger partial charge on any atom is -0.324 e. The minimum atomic E-state index is -5.71. The van der Waals surface area contributed by atoms with Gasteiger partial charge in [0.05, 0.1) is 6.54 Å². The molecule has 104 valence electrons. The Labute approximate surface area is 100.0 Å². The summed E-state index contributed by atoms with van der Waals surface area (Å²) >= 11 is 0. The van der Waals surface area contributed by atoms with Gasteiger partial charge in [0.2, 0.25) is 5.82 Å². The molecule has 0 unspecified atom stereocenters. The zero-order valence-electron chi connectivity index (χ0n) is 9.80. The Hall–Kier alpha value is -1.25. The molecule has 2 N–H and O–H groups in total. The summed E-state index contributed by atoms with van der Waals surface area (Å²) in [5, 5.41) is 6.22. The van der Waals surface area contributed by atoms with Crippen molar-refractivity contribution in [2.75, 3.05) is 0 Å². The summed E-state index contributed by atoms with van der Waals surface area (Å²) in [5.41, 5.74) is 5.24. The van der Waals surface area contributed by atoms with Crippen molar-refractivity contribution >= 4 is 0 Å². The monoisotopic (exact) mass is 272 g/mol. The fraction of sp³-hybridized carbons (Fsp3) is 0.778. The first-order chi connectivity index (χ1) is 8.11. The number of alkyl halides is 5. The van der Waals surface area contributed by atoms with Gasteiger partial charge in [-0.1, -0.05) is 13.8 Å². The van der Waals surface area contributed by atoms with Crippen molar-refractivity contribution in [3.63, 3.8) is 0 Å². The van der Waals surface area contributed by atoms with E-state index in [9.17, 15) is 22.0 Å². The number of halogens is 5. The molecular formula is C9H13F5N4. The predicted molar refractivity (Wildman–Crippen MR) is 52.7 cm³/mol. The van der Waals surface area contributed by atoms with Crippen LogP contribution in [0.15, 0.2) is 0 Å². The molecule has 0 aromatic carbocycles. The number of hydrogen-bond donors (Lipinski definition) is 1. The molecule has 0 fully saturated rings. The maximum Gasteiger partial charge on any atom is 0.461 e. The van der Waals surface area contributed by atoms with Crippen LogP contribution in [0.3, 0.4) is 0 Å². The highest BCUT2D eigenvalue weighted by molar-refractivity contribution is 5.05. The first-order valence-corrected chi connectivity index (χ1v) is 5.18.